The van der Waals surface area contributed by atoms with E-state index in [-0.39, 0.29) is 0 Å². The van der Waals surface area contributed by atoms with Gasteiger partial charge in [0.15, 0.2) is 0 Å². The van der Waals surface area contributed by atoms with Crippen molar-refractivity contribution in [1.82, 2.24) is 19.9 Å². The number of aromatic nitrogens is 4. The van der Waals surface area contributed by atoms with E-state index in [4.69, 9.17) is 16.6 Å². The molecule has 150 valence electrons. The molecular formula is C22H25ClN6. The Bertz CT molecular complexity index is 1070. The van der Waals surface area contributed by atoms with Crippen LogP contribution in [0.1, 0.15) is 37.4 Å². The van der Waals surface area contributed by atoms with Gasteiger partial charge in [-0.05, 0) is 50.2 Å². The molecule has 3 aliphatic rings. The third-order valence-corrected chi connectivity index (χ3v) is 7.25. The summed E-state index contributed by atoms with van der Waals surface area (Å²) in [5.74, 6) is 2.81. The summed E-state index contributed by atoms with van der Waals surface area (Å²) in [5, 5.41) is 1.63. The number of anilines is 2. The van der Waals surface area contributed by atoms with Crippen LogP contribution in [0.2, 0.25) is 5.15 Å². The first kappa shape index (κ1) is 17.5. The fourth-order valence-corrected chi connectivity index (χ4v) is 5.88. The number of rotatable bonds is 2. The lowest BCUT2D eigenvalue weighted by Crippen LogP contribution is -2.42. The fraction of sp³-hybridized carbons (Fsp3) is 0.500. The standard InChI is InChI=1S/C22H25ClN6/c1-13-6-18-17(11-29(13)19-8-20(23)27-21-16(19)4-5-24-21)22(26-12-25-18)28-9-14-2-3-15(7-14)10-28/h4-5,8,12-15H,2-3,6-7,9-11H2,1H3,(H,24,27)/t13?,14-,15+. The second-order valence-electron chi connectivity index (χ2n) is 8.96. The molecule has 6 nitrogen and oxygen atoms in total. The van der Waals surface area contributed by atoms with E-state index < -0.39 is 0 Å². The lowest BCUT2D eigenvalue weighted by Gasteiger charge is -2.40. The molecular weight excluding hydrogens is 384 g/mol. The fourth-order valence-electron chi connectivity index (χ4n) is 5.70. The molecule has 6 rings (SSSR count). The average molecular weight is 409 g/mol. The summed E-state index contributed by atoms with van der Waals surface area (Å²) < 4.78 is 0. The first-order chi connectivity index (χ1) is 14.2. The third-order valence-electron chi connectivity index (χ3n) is 7.05. The maximum atomic E-state index is 6.35. The Balaban J connectivity index is 1.41. The number of hydrogen-bond donors (Lipinski definition) is 1. The van der Waals surface area contributed by atoms with Gasteiger partial charge in [-0.1, -0.05) is 11.6 Å². The van der Waals surface area contributed by atoms with E-state index in [2.05, 4.69) is 37.7 Å². The lowest BCUT2D eigenvalue weighted by atomic mass is 9.95. The summed E-state index contributed by atoms with van der Waals surface area (Å²) in [6, 6.07) is 4.41. The molecule has 0 radical (unpaired) electrons. The average Bonchev–Trinajstić information content (AvgIpc) is 3.32. The zero-order chi connectivity index (χ0) is 19.5. The Morgan fingerprint density at radius 2 is 2.00 bits per heavy atom. The van der Waals surface area contributed by atoms with Crippen molar-refractivity contribution < 1.29 is 0 Å². The quantitative estimate of drug-likeness (QED) is 0.644. The molecule has 1 unspecified atom stereocenters. The molecule has 0 aromatic carbocycles. The second-order valence-corrected chi connectivity index (χ2v) is 9.34. The number of piperidine rings is 1. The topological polar surface area (TPSA) is 60.9 Å². The van der Waals surface area contributed by atoms with Crippen LogP contribution in [0.15, 0.2) is 24.7 Å². The van der Waals surface area contributed by atoms with Crippen LogP contribution < -0.4 is 9.80 Å². The summed E-state index contributed by atoms with van der Waals surface area (Å²) in [4.78, 5) is 22.0. The smallest absolute Gasteiger partial charge is 0.141 e. The summed E-state index contributed by atoms with van der Waals surface area (Å²) in [6.07, 6.45) is 8.75. The van der Waals surface area contributed by atoms with Gasteiger partial charge >= 0.3 is 0 Å². The highest BCUT2D eigenvalue weighted by molar-refractivity contribution is 6.30. The van der Waals surface area contributed by atoms with E-state index in [1.54, 1.807) is 6.33 Å². The van der Waals surface area contributed by atoms with Crippen molar-refractivity contribution in [1.29, 1.82) is 0 Å². The molecule has 2 aliphatic heterocycles. The van der Waals surface area contributed by atoms with Crippen LogP contribution >= 0.6 is 11.6 Å². The number of pyridine rings is 1. The van der Waals surface area contributed by atoms with Gasteiger partial charge in [0.1, 0.15) is 22.9 Å². The molecule has 7 heteroatoms. The first-order valence-corrected chi connectivity index (χ1v) is 11.0. The number of hydrogen-bond acceptors (Lipinski definition) is 5. The van der Waals surface area contributed by atoms with Gasteiger partial charge in [0.2, 0.25) is 0 Å². The van der Waals surface area contributed by atoms with E-state index in [1.165, 1.54) is 30.5 Å². The molecule has 0 amide bonds. The van der Waals surface area contributed by atoms with Crippen molar-refractivity contribution in [3.05, 3.63) is 41.1 Å². The highest BCUT2D eigenvalue weighted by Gasteiger charge is 2.36. The van der Waals surface area contributed by atoms with Crippen molar-refractivity contribution in [2.75, 3.05) is 22.9 Å². The van der Waals surface area contributed by atoms with E-state index in [0.717, 1.165) is 60.4 Å². The maximum absolute atomic E-state index is 6.35. The molecule has 1 aliphatic carbocycles. The number of aromatic amines is 1. The summed E-state index contributed by atoms with van der Waals surface area (Å²) in [6.45, 7) is 5.34. The lowest BCUT2D eigenvalue weighted by molar-refractivity contribution is 0.417. The highest BCUT2D eigenvalue weighted by atomic mass is 35.5. The normalized spacial score (nSPS) is 26.2. The minimum Gasteiger partial charge on any atom is -0.363 e. The van der Waals surface area contributed by atoms with Gasteiger partial charge in [0.25, 0.3) is 0 Å². The van der Waals surface area contributed by atoms with Crippen LogP contribution in [0.4, 0.5) is 11.5 Å². The van der Waals surface area contributed by atoms with Crippen LogP contribution in [0.3, 0.4) is 0 Å². The maximum Gasteiger partial charge on any atom is 0.141 e. The van der Waals surface area contributed by atoms with Gasteiger partial charge in [-0.2, -0.15) is 0 Å². The molecule has 2 bridgehead atoms. The minimum atomic E-state index is 0.333. The predicted molar refractivity (Wildman–Crippen MR) is 116 cm³/mol. The Labute approximate surface area is 175 Å². The molecule has 1 saturated heterocycles. The monoisotopic (exact) mass is 408 g/mol. The second kappa shape index (κ2) is 6.59. The Hall–Kier alpha value is -2.34. The van der Waals surface area contributed by atoms with Crippen LogP contribution in [-0.2, 0) is 13.0 Å². The zero-order valence-electron chi connectivity index (χ0n) is 16.6. The van der Waals surface area contributed by atoms with Gasteiger partial charge in [-0.3, -0.25) is 0 Å². The van der Waals surface area contributed by atoms with Gasteiger partial charge in [0, 0.05) is 49.2 Å². The van der Waals surface area contributed by atoms with Gasteiger partial charge in [-0.15, -0.1) is 0 Å². The molecule has 0 spiro atoms. The van der Waals surface area contributed by atoms with Crippen molar-refractivity contribution in [2.24, 2.45) is 11.8 Å². The largest absolute Gasteiger partial charge is 0.363 e. The summed E-state index contributed by atoms with van der Waals surface area (Å²) in [7, 11) is 0. The molecule has 29 heavy (non-hydrogen) atoms. The Morgan fingerprint density at radius 1 is 1.17 bits per heavy atom. The summed E-state index contributed by atoms with van der Waals surface area (Å²) >= 11 is 6.35. The highest BCUT2D eigenvalue weighted by Crippen LogP contribution is 2.41. The molecule has 3 atom stereocenters. The third kappa shape index (κ3) is 2.88. The molecule has 1 N–H and O–H groups in total. The molecule has 2 fully saturated rings. The van der Waals surface area contributed by atoms with Crippen molar-refractivity contribution >= 4 is 34.1 Å². The zero-order valence-corrected chi connectivity index (χ0v) is 17.4. The number of fused-ring (bicyclic) bond motifs is 4. The van der Waals surface area contributed by atoms with E-state index in [0.29, 0.717) is 11.2 Å². The molecule has 3 aromatic rings. The van der Waals surface area contributed by atoms with E-state index >= 15 is 0 Å². The van der Waals surface area contributed by atoms with E-state index in [1.807, 2.05) is 12.3 Å². The van der Waals surface area contributed by atoms with Crippen molar-refractivity contribution in [3.63, 3.8) is 0 Å². The number of H-pyrrole nitrogens is 1. The number of halogens is 1. The van der Waals surface area contributed by atoms with Crippen molar-refractivity contribution in [2.45, 2.75) is 45.2 Å². The summed E-state index contributed by atoms with van der Waals surface area (Å²) in [5.41, 5.74) is 4.45. The number of nitrogens with zero attached hydrogens (tertiary/aromatic N) is 5. The minimum absolute atomic E-state index is 0.333. The molecule has 5 heterocycles. The van der Waals surface area contributed by atoms with Crippen LogP contribution in [0.25, 0.3) is 11.0 Å². The van der Waals surface area contributed by atoms with E-state index in [9.17, 15) is 0 Å². The van der Waals surface area contributed by atoms with Crippen LogP contribution in [-0.4, -0.2) is 39.1 Å². The Kier molecular flexibility index (Phi) is 3.98. The number of nitrogens with one attached hydrogen (secondary N) is 1. The first-order valence-electron chi connectivity index (χ1n) is 10.6. The predicted octanol–water partition coefficient (Wildman–Crippen LogP) is 4.19. The van der Waals surface area contributed by atoms with Crippen molar-refractivity contribution in [3.8, 4) is 0 Å². The van der Waals surface area contributed by atoms with Gasteiger partial charge in [-0.25, -0.2) is 15.0 Å². The SMILES string of the molecule is CC1Cc2ncnc(N3C[C@@H]4CC[C@@H](C4)C3)c2CN1c1cc(Cl)nc2[nH]ccc12. The van der Waals surface area contributed by atoms with Gasteiger partial charge in [0.05, 0.1) is 11.4 Å². The molecule has 1 saturated carbocycles. The van der Waals surface area contributed by atoms with Gasteiger partial charge < -0.3 is 14.8 Å². The Morgan fingerprint density at radius 3 is 2.83 bits per heavy atom. The molecule has 3 aromatic heterocycles. The van der Waals surface area contributed by atoms with Crippen LogP contribution in [0.5, 0.6) is 0 Å². The van der Waals surface area contributed by atoms with Crippen LogP contribution in [0, 0.1) is 11.8 Å².